The first kappa shape index (κ1) is 13.8. The van der Waals surface area contributed by atoms with Gasteiger partial charge in [-0.2, -0.15) is 16.7 Å². The van der Waals surface area contributed by atoms with Gasteiger partial charge in [0.05, 0.1) is 11.9 Å². The van der Waals surface area contributed by atoms with Crippen LogP contribution in [0.3, 0.4) is 0 Å². The summed E-state index contributed by atoms with van der Waals surface area (Å²) in [5.74, 6) is 3.33. The third-order valence-corrected chi connectivity index (χ3v) is 3.98. The number of nitrogens with zero attached hydrogens (tertiary/aromatic N) is 2. The van der Waals surface area contributed by atoms with E-state index < -0.39 is 0 Å². The van der Waals surface area contributed by atoms with E-state index in [1.54, 1.807) is 0 Å². The van der Waals surface area contributed by atoms with Crippen molar-refractivity contribution in [2.45, 2.75) is 44.6 Å². The monoisotopic (exact) mass is 271 g/mol. The topological polar surface area (TPSA) is 60.2 Å². The van der Waals surface area contributed by atoms with E-state index in [2.05, 4.69) is 22.4 Å². The largest absolute Gasteiger partial charge is 0.368 e. The predicted octanol–water partition coefficient (Wildman–Crippen LogP) is 1.98. The molecule has 1 aromatic heterocycles. The minimum atomic E-state index is 0.330. The van der Waals surface area contributed by atoms with E-state index in [0.717, 1.165) is 43.3 Å². The summed E-state index contributed by atoms with van der Waals surface area (Å²) in [4.78, 5) is 4.33. The van der Waals surface area contributed by atoms with Crippen LogP contribution in [-0.4, -0.2) is 35.1 Å². The Labute approximate surface area is 112 Å². The zero-order chi connectivity index (χ0) is 12.6. The molecule has 0 spiro atoms. The summed E-state index contributed by atoms with van der Waals surface area (Å²) in [6.45, 7) is 4.68. The lowest BCUT2D eigenvalue weighted by Crippen LogP contribution is -2.32. The Morgan fingerprint density at radius 2 is 2.28 bits per heavy atom. The number of ether oxygens (including phenoxy) is 1. The van der Waals surface area contributed by atoms with Crippen molar-refractivity contribution in [3.8, 4) is 0 Å². The lowest BCUT2D eigenvalue weighted by Gasteiger charge is -2.21. The number of piperidine rings is 1. The van der Waals surface area contributed by atoms with Gasteiger partial charge in [-0.15, -0.1) is 0 Å². The molecule has 1 fully saturated rings. The molecule has 0 saturated carbocycles. The Hall–Kier alpha value is -0.590. The van der Waals surface area contributed by atoms with Crippen LogP contribution >= 0.6 is 11.8 Å². The third kappa shape index (κ3) is 4.59. The van der Waals surface area contributed by atoms with Crippen LogP contribution in [0.4, 0.5) is 0 Å². The molecule has 0 radical (unpaired) electrons. The molecular weight excluding hydrogens is 250 g/mol. The molecule has 1 aliphatic heterocycles. The van der Waals surface area contributed by atoms with E-state index in [4.69, 9.17) is 9.26 Å². The molecule has 2 rings (SSSR count). The smallest absolute Gasteiger partial charge is 0.252 e. The normalized spacial score (nSPS) is 17.2. The zero-order valence-electron chi connectivity index (χ0n) is 10.9. The van der Waals surface area contributed by atoms with Crippen LogP contribution < -0.4 is 5.32 Å². The Kier molecular flexibility index (Phi) is 5.96. The minimum Gasteiger partial charge on any atom is -0.368 e. The summed E-state index contributed by atoms with van der Waals surface area (Å²) < 4.78 is 10.9. The van der Waals surface area contributed by atoms with Crippen LogP contribution in [0.2, 0.25) is 0 Å². The standard InChI is InChI=1S/C12H21N3O2S/c1-2-7-18-9-11-14-12(17-15-11)8-16-10-3-5-13-6-4-10/h10,13H,2-9H2,1H3. The molecule has 1 N–H and O–H groups in total. The molecule has 0 atom stereocenters. The second-order valence-corrected chi connectivity index (χ2v) is 5.52. The quantitative estimate of drug-likeness (QED) is 0.765. The van der Waals surface area contributed by atoms with Crippen molar-refractivity contribution in [3.63, 3.8) is 0 Å². The molecule has 5 nitrogen and oxygen atoms in total. The Morgan fingerprint density at radius 3 is 3.06 bits per heavy atom. The fourth-order valence-electron chi connectivity index (χ4n) is 1.87. The summed E-state index contributed by atoms with van der Waals surface area (Å²) in [5.41, 5.74) is 0. The third-order valence-electron chi connectivity index (χ3n) is 2.82. The van der Waals surface area contributed by atoms with E-state index in [9.17, 15) is 0 Å². The molecule has 1 aromatic rings. The van der Waals surface area contributed by atoms with Crippen molar-refractivity contribution < 1.29 is 9.26 Å². The van der Waals surface area contributed by atoms with Gasteiger partial charge in [-0.05, 0) is 38.1 Å². The highest BCUT2D eigenvalue weighted by atomic mass is 32.2. The van der Waals surface area contributed by atoms with Gasteiger partial charge in [0.2, 0.25) is 0 Å². The predicted molar refractivity (Wildman–Crippen MR) is 71.4 cm³/mol. The molecule has 0 aliphatic carbocycles. The first-order chi connectivity index (χ1) is 8.88. The summed E-state index contributed by atoms with van der Waals surface area (Å²) >= 11 is 1.83. The summed E-state index contributed by atoms with van der Waals surface area (Å²) in [5, 5.41) is 7.26. The molecule has 0 bridgehead atoms. The molecule has 1 aliphatic rings. The number of hydrogen-bond donors (Lipinski definition) is 1. The van der Waals surface area contributed by atoms with E-state index in [1.807, 2.05) is 11.8 Å². The molecular formula is C12H21N3O2S. The van der Waals surface area contributed by atoms with Gasteiger partial charge in [0.1, 0.15) is 6.61 Å². The number of thioether (sulfide) groups is 1. The van der Waals surface area contributed by atoms with Gasteiger partial charge < -0.3 is 14.6 Å². The first-order valence-corrected chi connectivity index (χ1v) is 7.75. The van der Waals surface area contributed by atoms with Crippen LogP contribution in [-0.2, 0) is 17.1 Å². The highest BCUT2D eigenvalue weighted by molar-refractivity contribution is 7.98. The van der Waals surface area contributed by atoms with Crippen molar-refractivity contribution in [2.24, 2.45) is 0 Å². The average Bonchev–Trinajstić information content (AvgIpc) is 2.86. The van der Waals surface area contributed by atoms with Gasteiger partial charge in [0, 0.05) is 0 Å². The second kappa shape index (κ2) is 7.76. The average molecular weight is 271 g/mol. The summed E-state index contributed by atoms with van der Waals surface area (Å²) in [7, 11) is 0. The molecule has 0 aromatic carbocycles. The second-order valence-electron chi connectivity index (χ2n) is 4.42. The number of aromatic nitrogens is 2. The van der Waals surface area contributed by atoms with Gasteiger partial charge in [-0.1, -0.05) is 12.1 Å². The Balaban J connectivity index is 1.69. The van der Waals surface area contributed by atoms with Crippen molar-refractivity contribution in [1.29, 1.82) is 0 Å². The highest BCUT2D eigenvalue weighted by Gasteiger charge is 2.15. The van der Waals surface area contributed by atoms with Crippen molar-refractivity contribution in [2.75, 3.05) is 18.8 Å². The van der Waals surface area contributed by atoms with E-state index in [-0.39, 0.29) is 0 Å². The minimum absolute atomic E-state index is 0.330. The maximum atomic E-state index is 5.76. The van der Waals surface area contributed by atoms with Gasteiger partial charge in [0.15, 0.2) is 5.82 Å². The SMILES string of the molecule is CCCSCc1noc(COC2CCNCC2)n1. The lowest BCUT2D eigenvalue weighted by atomic mass is 10.1. The molecule has 6 heteroatoms. The Morgan fingerprint density at radius 1 is 1.44 bits per heavy atom. The van der Waals surface area contributed by atoms with Gasteiger partial charge in [-0.3, -0.25) is 0 Å². The van der Waals surface area contributed by atoms with Crippen LogP contribution in [0.15, 0.2) is 4.52 Å². The molecule has 1 saturated heterocycles. The number of rotatable bonds is 7. The fraction of sp³-hybridized carbons (Fsp3) is 0.833. The number of hydrogen-bond acceptors (Lipinski definition) is 6. The first-order valence-electron chi connectivity index (χ1n) is 6.60. The van der Waals surface area contributed by atoms with Crippen LogP contribution in [0.25, 0.3) is 0 Å². The molecule has 102 valence electrons. The van der Waals surface area contributed by atoms with Crippen molar-refractivity contribution >= 4 is 11.8 Å². The van der Waals surface area contributed by atoms with Crippen molar-refractivity contribution in [1.82, 2.24) is 15.5 Å². The maximum absolute atomic E-state index is 5.76. The van der Waals surface area contributed by atoms with Gasteiger partial charge in [-0.25, -0.2) is 0 Å². The summed E-state index contributed by atoms with van der Waals surface area (Å²) in [6.07, 6.45) is 3.63. The van der Waals surface area contributed by atoms with Crippen LogP contribution in [0.5, 0.6) is 0 Å². The van der Waals surface area contributed by atoms with Crippen molar-refractivity contribution in [3.05, 3.63) is 11.7 Å². The highest BCUT2D eigenvalue weighted by Crippen LogP contribution is 2.13. The molecule has 2 heterocycles. The van der Waals surface area contributed by atoms with E-state index >= 15 is 0 Å². The van der Waals surface area contributed by atoms with E-state index in [0.29, 0.717) is 18.6 Å². The van der Waals surface area contributed by atoms with Crippen LogP contribution in [0, 0.1) is 0 Å². The van der Waals surface area contributed by atoms with E-state index in [1.165, 1.54) is 6.42 Å². The van der Waals surface area contributed by atoms with Gasteiger partial charge >= 0.3 is 0 Å². The van der Waals surface area contributed by atoms with Crippen LogP contribution in [0.1, 0.15) is 37.9 Å². The zero-order valence-corrected chi connectivity index (χ0v) is 11.7. The molecule has 0 unspecified atom stereocenters. The fourth-order valence-corrected chi connectivity index (χ4v) is 2.60. The molecule has 0 amide bonds. The Bertz CT molecular complexity index is 340. The molecule has 18 heavy (non-hydrogen) atoms. The maximum Gasteiger partial charge on any atom is 0.252 e. The van der Waals surface area contributed by atoms with Gasteiger partial charge in [0.25, 0.3) is 5.89 Å². The lowest BCUT2D eigenvalue weighted by molar-refractivity contribution is 0.00859. The number of nitrogens with one attached hydrogen (secondary N) is 1. The summed E-state index contributed by atoms with van der Waals surface area (Å²) in [6, 6.07) is 0.